The molecule has 0 spiro atoms. The van der Waals surface area contributed by atoms with Crippen LogP contribution in [-0.4, -0.2) is 23.5 Å². The zero-order chi connectivity index (χ0) is 18.4. The van der Waals surface area contributed by atoms with Gasteiger partial charge in [0.15, 0.2) is 0 Å². The second-order valence-corrected chi connectivity index (χ2v) is 5.42. The maximum atomic E-state index is 12.5. The van der Waals surface area contributed by atoms with Crippen molar-refractivity contribution in [1.29, 1.82) is 10.8 Å². The summed E-state index contributed by atoms with van der Waals surface area (Å²) in [6, 6.07) is 6.80. The normalized spacial score (nSPS) is 15.8. The highest BCUT2D eigenvalue weighted by Gasteiger charge is 2.16. The Hall–Kier alpha value is -3.48. The molecule has 2 rings (SSSR count). The number of aliphatic imine (C=N–C) groups is 1. The lowest BCUT2D eigenvalue weighted by molar-refractivity contribution is -0.112. The number of amides is 1. The summed E-state index contributed by atoms with van der Waals surface area (Å²) in [5, 5.41) is 21.1. The van der Waals surface area contributed by atoms with Crippen molar-refractivity contribution >= 4 is 29.2 Å². The van der Waals surface area contributed by atoms with Crippen molar-refractivity contribution in [3.8, 4) is 0 Å². The fraction of sp³-hybridized carbons (Fsp3) is 0.111. The number of carbonyl (C=O) groups is 1. The van der Waals surface area contributed by atoms with Gasteiger partial charge in [-0.25, -0.2) is 4.99 Å². The van der Waals surface area contributed by atoms with Gasteiger partial charge in [-0.1, -0.05) is 12.1 Å². The zero-order valence-corrected chi connectivity index (χ0v) is 14.1. The summed E-state index contributed by atoms with van der Waals surface area (Å²) in [5.74, 6) is -0.0927. The number of hydrogen-bond donors (Lipinski definition) is 5. The molecule has 0 saturated carbocycles. The van der Waals surface area contributed by atoms with Crippen molar-refractivity contribution in [2.45, 2.75) is 13.8 Å². The van der Waals surface area contributed by atoms with Gasteiger partial charge >= 0.3 is 0 Å². The van der Waals surface area contributed by atoms with Crippen LogP contribution in [0.15, 0.2) is 64.7 Å². The Labute approximate surface area is 146 Å². The van der Waals surface area contributed by atoms with E-state index in [2.05, 4.69) is 15.6 Å². The first-order chi connectivity index (χ1) is 11.9. The summed E-state index contributed by atoms with van der Waals surface area (Å²) in [6.45, 7) is 3.69. The Balaban J connectivity index is 2.19. The molecule has 6 N–H and O–H groups in total. The van der Waals surface area contributed by atoms with Gasteiger partial charge in [-0.05, 0) is 49.9 Å². The summed E-state index contributed by atoms with van der Waals surface area (Å²) in [5.41, 5.74) is 8.54. The first-order valence-electron chi connectivity index (χ1n) is 7.58. The highest BCUT2D eigenvalue weighted by molar-refractivity contribution is 6.18. The maximum Gasteiger partial charge on any atom is 0.260 e. The number of rotatable bonds is 5. The van der Waals surface area contributed by atoms with E-state index in [0.29, 0.717) is 17.1 Å². The molecule has 1 aliphatic heterocycles. The summed E-state index contributed by atoms with van der Waals surface area (Å²) < 4.78 is 0. The molecule has 0 aliphatic carbocycles. The molecule has 25 heavy (non-hydrogen) atoms. The number of anilines is 1. The third-order valence-electron chi connectivity index (χ3n) is 3.39. The highest BCUT2D eigenvalue weighted by Crippen LogP contribution is 2.14. The van der Waals surface area contributed by atoms with E-state index in [1.54, 1.807) is 24.3 Å². The van der Waals surface area contributed by atoms with Gasteiger partial charge in [0, 0.05) is 23.3 Å². The quantitative estimate of drug-likeness (QED) is 0.418. The van der Waals surface area contributed by atoms with Crippen molar-refractivity contribution < 1.29 is 4.79 Å². The van der Waals surface area contributed by atoms with Crippen LogP contribution < -0.4 is 16.4 Å². The molecule has 7 nitrogen and oxygen atoms in total. The van der Waals surface area contributed by atoms with E-state index in [-0.39, 0.29) is 11.3 Å². The number of nitrogens with two attached hydrogens (primary N) is 1. The Morgan fingerprint density at radius 1 is 1.28 bits per heavy atom. The lowest BCUT2D eigenvalue weighted by Gasteiger charge is -2.16. The van der Waals surface area contributed by atoms with E-state index < -0.39 is 5.91 Å². The summed E-state index contributed by atoms with van der Waals surface area (Å²) in [6.07, 6.45) is 5.61. The van der Waals surface area contributed by atoms with E-state index in [9.17, 15) is 4.79 Å². The van der Waals surface area contributed by atoms with Gasteiger partial charge in [0.2, 0.25) is 0 Å². The third kappa shape index (κ3) is 4.51. The van der Waals surface area contributed by atoms with Gasteiger partial charge in [-0.15, -0.1) is 0 Å². The van der Waals surface area contributed by atoms with Crippen LogP contribution in [0.3, 0.4) is 0 Å². The number of allylic oxidation sites excluding steroid dienone is 3. The molecule has 128 valence electrons. The number of benzene rings is 1. The highest BCUT2D eigenvalue weighted by atomic mass is 16.1. The number of nitrogens with zero attached hydrogens (tertiary/aromatic N) is 1. The summed E-state index contributed by atoms with van der Waals surface area (Å²) >= 11 is 0. The smallest absolute Gasteiger partial charge is 0.260 e. The fourth-order valence-electron chi connectivity index (χ4n) is 2.27. The van der Waals surface area contributed by atoms with Crippen LogP contribution in [0, 0.1) is 10.8 Å². The van der Waals surface area contributed by atoms with Crippen LogP contribution >= 0.6 is 0 Å². The Morgan fingerprint density at radius 3 is 2.52 bits per heavy atom. The zero-order valence-electron chi connectivity index (χ0n) is 14.1. The Morgan fingerprint density at radius 2 is 1.96 bits per heavy atom. The molecule has 0 radical (unpaired) electrons. The lowest BCUT2D eigenvalue weighted by Crippen LogP contribution is -2.24. The first kappa shape index (κ1) is 17.9. The molecule has 0 bridgehead atoms. The molecule has 1 aromatic carbocycles. The van der Waals surface area contributed by atoms with Crippen LogP contribution in [0.25, 0.3) is 0 Å². The minimum Gasteiger partial charge on any atom is -0.405 e. The molecule has 1 heterocycles. The summed E-state index contributed by atoms with van der Waals surface area (Å²) in [4.78, 5) is 16.7. The summed E-state index contributed by atoms with van der Waals surface area (Å²) in [7, 11) is 0. The number of carbonyl (C=O) groups excluding carboxylic acids is 1. The van der Waals surface area contributed by atoms with E-state index in [1.165, 1.54) is 12.3 Å². The topological polar surface area (TPSA) is 127 Å². The minimum atomic E-state index is -0.437. The van der Waals surface area contributed by atoms with E-state index >= 15 is 0 Å². The molecular formula is C18H20N6O. The van der Waals surface area contributed by atoms with E-state index in [0.717, 1.165) is 17.6 Å². The van der Waals surface area contributed by atoms with Crippen LogP contribution in [-0.2, 0) is 4.79 Å². The van der Waals surface area contributed by atoms with Crippen molar-refractivity contribution in [2.24, 2.45) is 10.7 Å². The Kier molecular flexibility index (Phi) is 5.62. The number of hydrogen-bond acceptors (Lipinski definition) is 6. The average molecular weight is 336 g/mol. The monoisotopic (exact) mass is 336 g/mol. The predicted octanol–water partition coefficient (Wildman–Crippen LogP) is 2.29. The molecule has 0 saturated heterocycles. The fourth-order valence-corrected chi connectivity index (χ4v) is 2.27. The number of nitrogens with one attached hydrogen (secondary N) is 4. The van der Waals surface area contributed by atoms with Gasteiger partial charge in [-0.3, -0.25) is 4.79 Å². The minimum absolute atomic E-state index is 0.134. The first-order valence-corrected chi connectivity index (χ1v) is 7.58. The van der Waals surface area contributed by atoms with E-state index in [4.69, 9.17) is 16.6 Å². The Bertz CT molecular complexity index is 828. The molecule has 7 heteroatoms. The molecule has 0 unspecified atom stereocenters. The predicted molar refractivity (Wildman–Crippen MR) is 101 cm³/mol. The molecule has 1 aliphatic rings. The SMILES string of the molecule is CC1=CC(C)=N/C(=C(/C=N)C(=O)Nc2ccc(C(=N)/C=C\N)cc2)N1. The van der Waals surface area contributed by atoms with E-state index in [1.807, 2.05) is 19.9 Å². The third-order valence-corrected chi connectivity index (χ3v) is 3.39. The lowest BCUT2D eigenvalue weighted by atomic mass is 10.1. The second-order valence-electron chi connectivity index (χ2n) is 5.42. The van der Waals surface area contributed by atoms with Crippen molar-refractivity contribution in [3.63, 3.8) is 0 Å². The van der Waals surface area contributed by atoms with Crippen LogP contribution in [0.4, 0.5) is 5.69 Å². The van der Waals surface area contributed by atoms with Crippen LogP contribution in [0.2, 0.25) is 0 Å². The maximum absolute atomic E-state index is 12.5. The molecule has 0 atom stereocenters. The van der Waals surface area contributed by atoms with Gasteiger partial charge in [0.1, 0.15) is 5.82 Å². The van der Waals surface area contributed by atoms with Gasteiger partial charge in [0.05, 0.1) is 11.3 Å². The molecule has 1 amide bonds. The van der Waals surface area contributed by atoms with Crippen molar-refractivity contribution in [1.82, 2.24) is 5.32 Å². The van der Waals surface area contributed by atoms with Crippen molar-refractivity contribution in [2.75, 3.05) is 5.32 Å². The van der Waals surface area contributed by atoms with Crippen LogP contribution in [0.5, 0.6) is 0 Å². The van der Waals surface area contributed by atoms with Crippen LogP contribution in [0.1, 0.15) is 19.4 Å². The molecule has 0 aromatic heterocycles. The van der Waals surface area contributed by atoms with Gasteiger partial charge in [0.25, 0.3) is 5.91 Å². The van der Waals surface area contributed by atoms with Crippen molar-refractivity contribution in [3.05, 3.63) is 65.3 Å². The van der Waals surface area contributed by atoms with Gasteiger partial charge < -0.3 is 27.2 Å². The molecule has 0 fully saturated rings. The second kappa shape index (κ2) is 7.87. The molecular weight excluding hydrogens is 316 g/mol. The largest absolute Gasteiger partial charge is 0.405 e. The average Bonchev–Trinajstić information content (AvgIpc) is 2.55. The molecule has 1 aromatic rings. The van der Waals surface area contributed by atoms with Gasteiger partial charge in [-0.2, -0.15) is 0 Å². The standard InChI is InChI=1S/C18H20N6O/c1-11-9-12(2)23-17(22-11)15(10-20)18(25)24-14-5-3-13(4-6-14)16(21)7-8-19/h3-10,20-22H,19H2,1-2H3,(H,24,25)/b8-7-,17-15-,20-10?,21-16?.